The molecule has 2 N–H and O–H groups in total. The minimum Gasteiger partial charge on any atom is -0.310 e. The molecule has 0 aliphatic rings. The molecule has 0 radical (unpaired) electrons. The number of nitrogens with zero attached hydrogens (tertiary/aromatic N) is 5. The minimum atomic E-state index is -0.312. The van der Waals surface area contributed by atoms with Crippen LogP contribution in [0.15, 0.2) is 17.1 Å². The Labute approximate surface area is 144 Å². The Morgan fingerprint density at radius 2 is 2.08 bits per heavy atom. The van der Waals surface area contributed by atoms with E-state index in [4.69, 9.17) is 0 Å². The molecule has 0 aliphatic carbocycles. The van der Waals surface area contributed by atoms with E-state index >= 15 is 0 Å². The lowest BCUT2D eigenvalue weighted by Gasteiger charge is -2.17. The Kier molecular flexibility index (Phi) is 3.94. The maximum atomic E-state index is 12.3. The van der Waals surface area contributed by atoms with Crippen molar-refractivity contribution in [2.45, 2.75) is 34.1 Å². The van der Waals surface area contributed by atoms with E-state index in [1.165, 1.54) is 15.6 Å². The van der Waals surface area contributed by atoms with Crippen molar-refractivity contribution in [2.24, 2.45) is 12.5 Å². The highest BCUT2D eigenvalue weighted by Crippen LogP contribution is 2.21. The van der Waals surface area contributed by atoms with Crippen LogP contribution in [0.25, 0.3) is 17.0 Å². The molecule has 0 saturated heterocycles. The number of hydrogen-bond acceptors (Lipinski definition) is 5. The molecule has 132 valence electrons. The predicted octanol–water partition coefficient (Wildman–Crippen LogP) is 1.53. The normalized spacial score (nSPS) is 11.9. The fourth-order valence-electron chi connectivity index (χ4n) is 2.54. The second-order valence-corrected chi connectivity index (χ2v) is 7.26. The average molecular weight is 343 g/mol. The van der Waals surface area contributed by atoms with E-state index in [1.807, 2.05) is 20.8 Å². The lowest BCUT2D eigenvalue weighted by atomic mass is 9.92. The third-order valence-electron chi connectivity index (χ3n) is 3.58. The zero-order valence-electron chi connectivity index (χ0n) is 14.9. The molecular formula is C16H21N7O2. The van der Waals surface area contributed by atoms with Crippen LogP contribution in [0.1, 0.15) is 32.9 Å². The molecule has 9 heteroatoms. The summed E-state index contributed by atoms with van der Waals surface area (Å²) in [5.41, 5.74) is 0.690. The lowest BCUT2D eigenvalue weighted by Crippen LogP contribution is -2.22. The monoisotopic (exact) mass is 343 g/mol. The number of rotatable bonds is 3. The average Bonchev–Trinajstić information content (AvgIpc) is 3.01. The van der Waals surface area contributed by atoms with Gasteiger partial charge in [0, 0.05) is 19.5 Å². The van der Waals surface area contributed by atoms with Gasteiger partial charge in [-0.3, -0.25) is 19.3 Å². The summed E-state index contributed by atoms with van der Waals surface area (Å²) in [5.74, 6) is 0.550. The van der Waals surface area contributed by atoms with Crippen LogP contribution in [0.3, 0.4) is 0 Å². The fraction of sp³-hybridized carbons (Fsp3) is 0.438. The first-order valence-electron chi connectivity index (χ1n) is 7.93. The van der Waals surface area contributed by atoms with Gasteiger partial charge in [-0.15, -0.1) is 0 Å². The van der Waals surface area contributed by atoms with Crippen molar-refractivity contribution in [3.8, 4) is 5.95 Å². The van der Waals surface area contributed by atoms with Gasteiger partial charge in [0.1, 0.15) is 11.2 Å². The molecule has 1 amide bonds. The standard InChI is InChI=1S/C16H21N7O2/c1-9-6-11(18-12(24)7-16(2,3)4)23(21-9)15-19-13-10(14(25)20-15)8-17-22(13)5/h6,8H,7H2,1-5H3,(H,18,24)(H,19,20,25). The van der Waals surface area contributed by atoms with Gasteiger partial charge < -0.3 is 5.32 Å². The van der Waals surface area contributed by atoms with E-state index in [9.17, 15) is 9.59 Å². The molecule has 0 atom stereocenters. The number of aromatic amines is 1. The van der Waals surface area contributed by atoms with E-state index in [1.54, 1.807) is 20.0 Å². The van der Waals surface area contributed by atoms with Crippen molar-refractivity contribution < 1.29 is 4.79 Å². The van der Waals surface area contributed by atoms with Gasteiger partial charge >= 0.3 is 0 Å². The number of aryl methyl sites for hydroxylation is 2. The first-order chi connectivity index (χ1) is 11.6. The number of H-pyrrole nitrogens is 1. The Morgan fingerprint density at radius 1 is 1.36 bits per heavy atom. The van der Waals surface area contributed by atoms with Crippen LogP contribution >= 0.6 is 0 Å². The molecule has 3 rings (SSSR count). The molecule has 3 heterocycles. The van der Waals surface area contributed by atoms with Crippen LogP contribution in [0.2, 0.25) is 0 Å². The van der Waals surface area contributed by atoms with Crippen LogP contribution in [0.4, 0.5) is 5.82 Å². The minimum absolute atomic E-state index is 0.127. The second-order valence-electron chi connectivity index (χ2n) is 7.26. The first kappa shape index (κ1) is 16.9. The Morgan fingerprint density at radius 3 is 2.76 bits per heavy atom. The van der Waals surface area contributed by atoms with Gasteiger partial charge in [-0.1, -0.05) is 20.8 Å². The van der Waals surface area contributed by atoms with Gasteiger partial charge in [0.25, 0.3) is 5.56 Å². The summed E-state index contributed by atoms with van der Waals surface area (Å²) in [7, 11) is 1.71. The van der Waals surface area contributed by atoms with Crippen molar-refractivity contribution in [3.63, 3.8) is 0 Å². The largest absolute Gasteiger partial charge is 0.310 e. The fourth-order valence-corrected chi connectivity index (χ4v) is 2.54. The highest BCUT2D eigenvalue weighted by molar-refractivity contribution is 5.90. The number of nitrogens with one attached hydrogen (secondary N) is 2. The number of carbonyl (C=O) groups is 1. The molecule has 0 bridgehead atoms. The quantitative estimate of drug-likeness (QED) is 0.749. The van der Waals surface area contributed by atoms with Gasteiger partial charge in [0.15, 0.2) is 5.65 Å². The molecule has 0 fully saturated rings. The number of hydrogen-bond donors (Lipinski definition) is 2. The van der Waals surface area contributed by atoms with Crippen molar-refractivity contribution in [1.82, 2.24) is 29.5 Å². The second kappa shape index (κ2) is 5.83. The smallest absolute Gasteiger partial charge is 0.263 e. The summed E-state index contributed by atoms with van der Waals surface area (Å²) in [6, 6.07) is 1.73. The zero-order chi connectivity index (χ0) is 18.4. The summed E-state index contributed by atoms with van der Waals surface area (Å²) in [5, 5.41) is 11.6. The van der Waals surface area contributed by atoms with Crippen LogP contribution < -0.4 is 10.9 Å². The number of aromatic nitrogens is 6. The highest BCUT2D eigenvalue weighted by Gasteiger charge is 2.19. The molecule has 25 heavy (non-hydrogen) atoms. The van der Waals surface area contributed by atoms with Crippen molar-refractivity contribution in [1.29, 1.82) is 0 Å². The van der Waals surface area contributed by atoms with E-state index in [0.717, 1.165) is 0 Å². The van der Waals surface area contributed by atoms with E-state index in [0.29, 0.717) is 29.0 Å². The van der Waals surface area contributed by atoms with Gasteiger partial charge in [-0.05, 0) is 12.3 Å². The van der Waals surface area contributed by atoms with E-state index < -0.39 is 0 Å². The van der Waals surface area contributed by atoms with Crippen LogP contribution in [-0.2, 0) is 11.8 Å². The Balaban J connectivity index is 2.02. The maximum absolute atomic E-state index is 12.3. The molecule has 3 aromatic heterocycles. The summed E-state index contributed by atoms with van der Waals surface area (Å²) in [4.78, 5) is 31.6. The van der Waals surface area contributed by atoms with E-state index in [2.05, 4.69) is 25.5 Å². The topological polar surface area (TPSA) is 110 Å². The van der Waals surface area contributed by atoms with Crippen LogP contribution in [-0.4, -0.2) is 35.4 Å². The molecule has 9 nitrogen and oxygen atoms in total. The van der Waals surface area contributed by atoms with Crippen molar-refractivity contribution in [3.05, 3.63) is 28.3 Å². The summed E-state index contributed by atoms with van der Waals surface area (Å²) in [6.07, 6.45) is 1.83. The number of amides is 1. The molecule has 0 unspecified atom stereocenters. The van der Waals surface area contributed by atoms with Gasteiger partial charge in [0.05, 0.1) is 11.9 Å². The molecule has 0 aliphatic heterocycles. The van der Waals surface area contributed by atoms with Gasteiger partial charge in [-0.25, -0.2) is 0 Å². The van der Waals surface area contributed by atoms with Gasteiger partial charge in [-0.2, -0.15) is 19.9 Å². The Hall–Kier alpha value is -2.97. The van der Waals surface area contributed by atoms with Crippen LogP contribution in [0, 0.1) is 12.3 Å². The number of carbonyl (C=O) groups excluding carboxylic acids is 1. The highest BCUT2D eigenvalue weighted by atomic mass is 16.1. The summed E-state index contributed by atoms with van der Waals surface area (Å²) >= 11 is 0. The SMILES string of the molecule is Cc1cc(NC(=O)CC(C)(C)C)n(-c2nc3c(cnn3C)c(=O)[nH]2)n1. The third-order valence-corrected chi connectivity index (χ3v) is 3.58. The maximum Gasteiger partial charge on any atom is 0.263 e. The molecular weight excluding hydrogens is 322 g/mol. The lowest BCUT2D eigenvalue weighted by molar-refractivity contribution is -0.117. The first-order valence-corrected chi connectivity index (χ1v) is 7.93. The number of anilines is 1. The van der Waals surface area contributed by atoms with Crippen molar-refractivity contribution >= 4 is 22.8 Å². The molecule has 0 saturated carbocycles. The zero-order valence-corrected chi connectivity index (χ0v) is 14.9. The predicted molar refractivity (Wildman–Crippen MR) is 93.7 cm³/mol. The molecule has 0 spiro atoms. The summed E-state index contributed by atoms with van der Waals surface area (Å²) in [6.45, 7) is 7.77. The van der Waals surface area contributed by atoms with E-state index in [-0.39, 0.29) is 22.8 Å². The van der Waals surface area contributed by atoms with Crippen molar-refractivity contribution in [2.75, 3.05) is 5.32 Å². The van der Waals surface area contributed by atoms with Crippen LogP contribution in [0.5, 0.6) is 0 Å². The number of fused-ring (bicyclic) bond motifs is 1. The summed E-state index contributed by atoms with van der Waals surface area (Å²) < 4.78 is 2.94. The Bertz CT molecular complexity index is 1000. The molecule has 3 aromatic rings. The van der Waals surface area contributed by atoms with Gasteiger partial charge in [0.2, 0.25) is 11.9 Å². The third kappa shape index (κ3) is 3.44. The molecule has 0 aromatic carbocycles.